The number of para-hydroxylation sites is 1. The Morgan fingerprint density at radius 3 is 2.32 bits per heavy atom. The maximum atomic E-state index is 13.0. The summed E-state index contributed by atoms with van der Waals surface area (Å²) < 4.78 is 0. The fourth-order valence-corrected chi connectivity index (χ4v) is 4.09. The Balaban J connectivity index is 1.32. The number of piperazine rings is 1. The molecule has 146 valence electrons. The van der Waals surface area contributed by atoms with Gasteiger partial charge in [0.1, 0.15) is 0 Å². The minimum absolute atomic E-state index is 0.0850. The minimum Gasteiger partial charge on any atom is -0.368 e. The van der Waals surface area contributed by atoms with E-state index in [0.717, 1.165) is 31.7 Å². The van der Waals surface area contributed by atoms with Crippen molar-refractivity contribution >= 4 is 17.5 Å². The van der Waals surface area contributed by atoms with Crippen LogP contribution in [0, 0.1) is 12.8 Å². The van der Waals surface area contributed by atoms with Crippen LogP contribution in [0.3, 0.4) is 0 Å². The van der Waals surface area contributed by atoms with Crippen molar-refractivity contribution in [3.63, 3.8) is 0 Å². The first-order valence-electron chi connectivity index (χ1n) is 10.0. The Kier molecular flexibility index (Phi) is 5.33. The van der Waals surface area contributed by atoms with Crippen molar-refractivity contribution in [1.29, 1.82) is 0 Å². The third-order valence-electron chi connectivity index (χ3n) is 5.77. The van der Waals surface area contributed by atoms with Crippen LogP contribution in [0.2, 0.25) is 0 Å². The van der Waals surface area contributed by atoms with Crippen molar-refractivity contribution in [3.8, 4) is 0 Å². The van der Waals surface area contributed by atoms with Crippen LogP contribution in [0.1, 0.15) is 17.5 Å². The average Bonchev–Trinajstić information content (AvgIpc) is 3.10. The molecular weight excluding hydrogens is 350 g/mol. The first kappa shape index (κ1) is 18.5. The van der Waals surface area contributed by atoms with Crippen LogP contribution < -0.4 is 4.90 Å². The van der Waals surface area contributed by atoms with E-state index in [1.807, 2.05) is 28.0 Å². The number of benzene rings is 2. The second-order valence-corrected chi connectivity index (χ2v) is 7.81. The Labute approximate surface area is 166 Å². The van der Waals surface area contributed by atoms with Gasteiger partial charge in [0.05, 0.1) is 5.92 Å². The standard InChI is InChI=1S/C23H27N3O2/c1-18-7-9-19(10-8-18)16-26-17-20(15-22(26)27)23(28)25-13-11-24(12-14-25)21-5-3-2-4-6-21/h2-10,20H,11-17H2,1H3/t20-/m1/s1. The smallest absolute Gasteiger partial charge is 0.228 e. The number of hydrogen-bond donors (Lipinski definition) is 0. The van der Waals surface area contributed by atoms with Crippen LogP contribution in [0.15, 0.2) is 54.6 Å². The van der Waals surface area contributed by atoms with Crippen molar-refractivity contribution in [2.24, 2.45) is 5.92 Å². The van der Waals surface area contributed by atoms with E-state index >= 15 is 0 Å². The van der Waals surface area contributed by atoms with Crippen LogP contribution in [0.4, 0.5) is 5.69 Å². The molecule has 0 aromatic heterocycles. The second-order valence-electron chi connectivity index (χ2n) is 7.81. The summed E-state index contributed by atoms with van der Waals surface area (Å²) in [6.45, 7) is 6.28. The summed E-state index contributed by atoms with van der Waals surface area (Å²) in [5.74, 6) is 0.00976. The van der Waals surface area contributed by atoms with Crippen molar-refractivity contribution < 1.29 is 9.59 Å². The molecule has 1 atom stereocenters. The first-order chi connectivity index (χ1) is 13.6. The van der Waals surface area contributed by atoms with Crippen LogP contribution in [-0.2, 0) is 16.1 Å². The number of carbonyl (C=O) groups excluding carboxylic acids is 2. The summed E-state index contributed by atoms with van der Waals surface area (Å²) in [5, 5.41) is 0. The van der Waals surface area contributed by atoms with Gasteiger partial charge in [0.2, 0.25) is 11.8 Å². The number of carbonyl (C=O) groups is 2. The summed E-state index contributed by atoms with van der Waals surface area (Å²) in [4.78, 5) is 31.5. The SMILES string of the molecule is Cc1ccc(CN2C[C@H](C(=O)N3CCN(c4ccccc4)CC3)CC2=O)cc1. The largest absolute Gasteiger partial charge is 0.368 e. The molecule has 0 unspecified atom stereocenters. The zero-order valence-corrected chi connectivity index (χ0v) is 16.4. The molecule has 0 spiro atoms. The predicted octanol–water partition coefficient (Wildman–Crippen LogP) is 2.69. The van der Waals surface area contributed by atoms with Gasteiger partial charge in [-0.3, -0.25) is 9.59 Å². The third-order valence-corrected chi connectivity index (χ3v) is 5.77. The van der Waals surface area contributed by atoms with Gasteiger partial charge in [0, 0.05) is 51.4 Å². The van der Waals surface area contributed by atoms with E-state index in [1.54, 1.807) is 0 Å². The molecule has 2 amide bonds. The summed E-state index contributed by atoms with van der Waals surface area (Å²) in [6.07, 6.45) is 0.337. The number of rotatable bonds is 4. The number of hydrogen-bond acceptors (Lipinski definition) is 3. The number of anilines is 1. The van der Waals surface area contributed by atoms with Crippen molar-refractivity contribution in [2.75, 3.05) is 37.6 Å². The van der Waals surface area contributed by atoms with Crippen molar-refractivity contribution in [2.45, 2.75) is 19.9 Å². The lowest BCUT2D eigenvalue weighted by Gasteiger charge is -2.37. The molecule has 2 saturated heterocycles. The van der Waals surface area contributed by atoms with Gasteiger partial charge in [-0.05, 0) is 24.6 Å². The highest BCUT2D eigenvalue weighted by atomic mass is 16.2. The Morgan fingerprint density at radius 2 is 1.64 bits per heavy atom. The predicted molar refractivity (Wildman–Crippen MR) is 110 cm³/mol. The molecule has 0 radical (unpaired) electrons. The van der Waals surface area contributed by atoms with E-state index < -0.39 is 0 Å². The van der Waals surface area contributed by atoms with E-state index in [4.69, 9.17) is 0 Å². The van der Waals surface area contributed by atoms with Crippen LogP contribution in [0.25, 0.3) is 0 Å². The third kappa shape index (κ3) is 4.03. The van der Waals surface area contributed by atoms with Gasteiger partial charge in [0.25, 0.3) is 0 Å². The molecule has 2 aromatic carbocycles. The summed E-state index contributed by atoms with van der Waals surface area (Å²) in [5.41, 5.74) is 3.53. The Morgan fingerprint density at radius 1 is 0.964 bits per heavy atom. The van der Waals surface area contributed by atoms with Gasteiger partial charge in [-0.15, -0.1) is 0 Å². The number of likely N-dealkylation sites (tertiary alicyclic amines) is 1. The fourth-order valence-electron chi connectivity index (χ4n) is 4.09. The first-order valence-corrected chi connectivity index (χ1v) is 10.0. The molecule has 0 aliphatic carbocycles. The van der Waals surface area contributed by atoms with Gasteiger partial charge in [0.15, 0.2) is 0 Å². The highest BCUT2D eigenvalue weighted by molar-refractivity contribution is 5.89. The molecule has 28 heavy (non-hydrogen) atoms. The molecule has 2 aliphatic rings. The molecule has 0 N–H and O–H groups in total. The molecule has 5 nitrogen and oxygen atoms in total. The van der Waals surface area contributed by atoms with Crippen molar-refractivity contribution in [3.05, 3.63) is 65.7 Å². The van der Waals surface area contributed by atoms with E-state index in [2.05, 4.69) is 48.2 Å². The van der Waals surface area contributed by atoms with Gasteiger partial charge in [-0.1, -0.05) is 48.0 Å². The van der Waals surface area contributed by atoms with Crippen LogP contribution >= 0.6 is 0 Å². The molecule has 5 heteroatoms. The molecule has 0 bridgehead atoms. The molecule has 2 aromatic rings. The normalized spacial score (nSPS) is 20.0. The molecule has 2 fully saturated rings. The second kappa shape index (κ2) is 8.05. The molecule has 2 aliphatic heterocycles. The lowest BCUT2D eigenvalue weighted by Crippen LogP contribution is -2.50. The molecule has 0 saturated carbocycles. The minimum atomic E-state index is -0.207. The number of aryl methyl sites for hydroxylation is 1. The lowest BCUT2D eigenvalue weighted by molar-refractivity contribution is -0.136. The lowest BCUT2D eigenvalue weighted by atomic mass is 10.1. The Bertz CT molecular complexity index is 827. The van der Waals surface area contributed by atoms with E-state index in [9.17, 15) is 9.59 Å². The maximum Gasteiger partial charge on any atom is 0.228 e. The van der Waals surface area contributed by atoms with Crippen LogP contribution in [-0.4, -0.2) is 54.3 Å². The summed E-state index contributed by atoms with van der Waals surface area (Å²) in [7, 11) is 0. The van der Waals surface area contributed by atoms with Gasteiger partial charge in [-0.2, -0.15) is 0 Å². The van der Waals surface area contributed by atoms with Crippen molar-refractivity contribution in [1.82, 2.24) is 9.80 Å². The molecular formula is C23H27N3O2. The molecule has 2 heterocycles. The maximum absolute atomic E-state index is 13.0. The topological polar surface area (TPSA) is 43.9 Å². The van der Waals surface area contributed by atoms with Crippen LogP contribution in [0.5, 0.6) is 0 Å². The number of amides is 2. The van der Waals surface area contributed by atoms with Gasteiger partial charge >= 0.3 is 0 Å². The summed E-state index contributed by atoms with van der Waals surface area (Å²) >= 11 is 0. The fraction of sp³-hybridized carbons (Fsp3) is 0.391. The monoisotopic (exact) mass is 377 g/mol. The van der Waals surface area contributed by atoms with E-state index in [1.165, 1.54) is 11.3 Å². The zero-order valence-electron chi connectivity index (χ0n) is 16.4. The molecule has 4 rings (SSSR count). The van der Waals surface area contributed by atoms with E-state index in [0.29, 0.717) is 19.5 Å². The Hall–Kier alpha value is -2.82. The average molecular weight is 377 g/mol. The summed E-state index contributed by atoms with van der Waals surface area (Å²) in [6, 6.07) is 18.5. The highest BCUT2D eigenvalue weighted by Gasteiger charge is 2.37. The van der Waals surface area contributed by atoms with Gasteiger partial charge < -0.3 is 14.7 Å². The van der Waals surface area contributed by atoms with E-state index in [-0.39, 0.29) is 17.7 Å². The van der Waals surface area contributed by atoms with Gasteiger partial charge in [-0.25, -0.2) is 0 Å². The quantitative estimate of drug-likeness (QED) is 0.823. The zero-order chi connectivity index (χ0) is 19.5. The number of nitrogens with zero attached hydrogens (tertiary/aromatic N) is 3. The highest BCUT2D eigenvalue weighted by Crippen LogP contribution is 2.24.